The number of ketones is 1. The topological polar surface area (TPSA) is 151 Å². The molecular formula is C36H38N8O4S. The summed E-state index contributed by atoms with van der Waals surface area (Å²) in [5.41, 5.74) is 13.7. The molecule has 1 aliphatic carbocycles. The molecule has 5 heterocycles. The number of nitrogens with two attached hydrogens (primary N) is 1. The Bertz CT molecular complexity index is 2220. The van der Waals surface area contributed by atoms with Crippen LogP contribution in [0.5, 0.6) is 0 Å². The second-order valence-electron chi connectivity index (χ2n) is 12.9. The van der Waals surface area contributed by atoms with Crippen LogP contribution < -0.4 is 11.1 Å². The number of carbonyl (C=O) groups excluding carboxylic acids is 1. The van der Waals surface area contributed by atoms with Crippen LogP contribution >= 0.6 is 0 Å². The van der Waals surface area contributed by atoms with Crippen LogP contribution in [0.25, 0.3) is 16.7 Å². The molecule has 0 bridgehead atoms. The van der Waals surface area contributed by atoms with Crippen LogP contribution in [0.15, 0.2) is 100 Å². The number of hydrogen-bond acceptors (Lipinski definition) is 9. The van der Waals surface area contributed by atoms with Crippen molar-refractivity contribution >= 4 is 32.7 Å². The van der Waals surface area contributed by atoms with Crippen molar-refractivity contribution in [3.05, 3.63) is 112 Å². The summed E-state index contributed by atoms with van der Waals surface area (Å²) in [6.45, 7) is 7.50. The number of carbonyl (C=O) groups is 1. The minimum Gasteiger partial charge on any atom is -0.383 e. The Kier molecular flexibility index (Phi) is 7.68. The molecule has 1 fully saturated rings. The summed E-state index contributed by atoms with van der Waals surface area (Å²) in [6.07, 6.45) is 9.29. The lowest BCUT2D eigenvalue weighted by molar-refractivity contribution is 0.0504. The van der Waals surface area contributed by atoms with Gasteiger partial charge in [-0.15, -0.1) is 0 Å². The van der Waals surface area contributed by atoms with E-state index >= 15 is 0 Å². The van der Waals surface area contributed by atoms with Gasteiger partial charge in [-0.2, -0.15) is 5.10 Å². The van der Waals surface area contributed by atoms with E-state index in [1.54, 1.807) is 24.3 Å². The van der Waals surface area contributed by atoms with Gasteiger partial charge in [-0.05, 0) is 92.3 Å². The number of aromatic amines is 1. The number of morpholine rings is 1. The highest BCUT2D eigenvalue weighted by Gasteiger charge is 2.45. The first-order chi connectivity index (χ1) is 23.7. The third kappa shape index (κ3) is 5.52. The summed E-state index contributed by atoms with van der Waals surface area (Å²) in [5, 5.41) is 8.01. The average molecular weight is 679 g/mol. The van der Waals surface area contributed by atoms with E-state index in [1.165, 1.54) is 15.2 Å². The molecule has 2 aromatic carbocycles. The molecular weight excluding hydrogens is 641 g/mol. The number of dihydropyridines is 1. The quantitative estimate of drug-likeness (QED) is 0.244. The van der Waals surface area contributed by atoms with Gasteiger partial charge in [0.1, 0.15) is 23.5 Å². The number of allylic oxidation sites excluding steroid dienone is 3. The monoisotopic (exact) mass is 678 g/mol. The van der Waals surface area contributed by atoms with Crippen LogP contribution in [0.3, 0.4) is 0 Å². The number of benzene rings is 2. The average Bonchev–Trinajstić information content (AvgIpc) is 3.82. The van der Waals surface area contributed by atoms with E-state index in [4.69, 9.17) is 10.5 Å². The number of H-pyrrole nitrogens is 1. The minimum absolute atomic E-state index is 0.133. The number of hydrogen-bond donors (Lipinski definition) is 3. The first-order valence-electron chi connectivity index (χ1n) is 16.5. The maximum absolute atomic E-state index is 14.5. The Morgan fingerprint density at radius 3 is 2.57 bits per heavy atom. The molecule has 1 atom stereocenters. The Balaban J connectivity index is 1.14. The standard InChI is InChI=1S/C36H38N8O4S/c1-22-3-9-28(10-4-22)49(46,47)44-32-17-24(26-7-12-34(38-20-26)42-13-15-48-16-14-42)5-6-25(32)18-33(44)35(45)29-21-39-43(36(29)37)27-8-11-30-31(19-27)41-23(2)40-30/h3-4,7-12,17,19,21,33,38H,5-6,13-16,18,20,37H2,1-2H3,(H,40,41). The molecule has 1 saturated heterocycles. The number of aromatic nitrogens is 4. The van der Waals surface area contributed by atoms with Gasteiger partial charge >= 0.3 is 0 Å². The molecule has 0 radical (unpaired) electrons. The van der Waals surface area contributed by atoms with E-state index in [9.17, 15) is 13.2 Å². The van der Waals surface area contributed by atoms with Crippen LogP contribution in [0, 0.1) is 13.8 Å². The van der Waals surface area contributed by atoms with Crippen molar-refractivity contribution < 1.29 is 17.9 Å². The number of rotatable bonds is 7. The molecule has 49 heavy (non-hydrogen) atoms. The van der Waals surface area contributed by atoms with Gasteiger partial charge in [-0.1, -0.05) is 23.8 Å². The first-order valence-corrected chi connectivity index (χ1v) is 18.0. The SMILES string of the molecule is Cc1ccc(S(=O)(=O)N2C3=C(CCC(C4=CC=C(N5CCOCC5)NC4)=C3)CC2C(=O)c2cnn(-c3ccc4nc(C)[nH]c4c3)c2N)cc1. The Morgan fingerprint density at radius 1 is 1.02 bits per heavy atom. The molecule has 0 amide bonds. The van der Waals surface area contributed by atoms with E-state index in [-0.39, 0.29) is 28.5 Å². The second-order valence-corrected chi connectivity index (χ2v) is 14.7. The second kappa shape index (κ2) is 12.1. The van der Waals surface area contributed by atoms with Gasteiger partial charge < -0.3 is 25.7 Å². The first kappa shape index (κ1) is 31.1. The van der Waals surface area contributed by atoms with Crippen LogP contribution in [0.4, 0.5) is 5.82 Å². The summed E-state index contributed by atoms with van der Waals surface area (Å²) in [4.78, 5) is 24.5. The summed E-state index contributed by atoms with van der Waals surface area (Å²) < 4.78 is 37.3. The summed E-state index contributed by atoms with van der Waals surface area (Å²) in [7, 11) is -4.12. The zero-order valence-electron chi connectivity index (χ0n) is 27.4. The predicted molar refractivity (Wildman–Crippen MR) is 186 cm³/mol. The van der Waals surface area contributed by atoms with Gasteiger partial charge in [0.25, 0.3) is 10.0 Å². The summed E-state index contributed by atoms with van der Waals surface area (Å²) in [5.74, 6) is 1.61. The van der Waals surface area contributed by atoms with Gasteiger partial charge in [0.2, 0.25) is 0 Å². The van der Waals surface area contributed by atoms with E-state index < -0.39 is 16.1 Å². The van der Waals surface area contributed by atoms with E-state index in [1.807, 2.05) is 38.1 Å². The number of aryl methyl sites for hydroxylation is 2. The highest BCUT2D eigenvalue weighted by Crippen LogP contribution is 2.43. The summed E-state index contributed by atoms with van der Waals surface area (Å²) in [6, 6.07) is 11.3. The number of sulfonamides is 1. The van der Waals surface area contributed by atoms with Gasteiger partial charge in [-0.3, -0.25) is 9.10 Å². The van der Waals surface area contributed by atoms with E-state index in [0.29, 0.717) is 37.6 Å². The molecule has 4 aliphatic rings. The molecule has 12 nitrogen and oxygen atoms in total. The number of ether oxygens (including phenoxy) is 1. The van der Waals surface area contributed by atoms with Gasteiger partial charge in [0.15, 0.2) is 5.78 Å². The summed E-state index contributed by atoms with van der Waals surface area (Å²) >= 11 is 0. The number of anilines is 1. The van der Waals surface area contributed by atoms with Gasteiger partial charge in [0, 0.05) is 19.6 Å². The lowest BCUT2D eigenvalue weighted by atomic mass is 9.89. The Hall–Kier alpha value is -5.14. The molecule has 0 saturated carbocycles. The predicted octanol–water partition coefficient (Wildman–Crippen LogP) is 4.27. The van der Waals surface area contributed by atoms with Crippen LogP contribution in [-0.4, -0.2) is 82.0 Å². The minimum atomic E-state index is -4.12. The molecule has 8 rings (SSSR count). The zero-order chi connectivity index (χ0) is 33.9. The maximum atomic E-state index is 14.5. The largest absolute Gasteiger partial charge is 0.383 e. The third-order valence-electron chi connectivity index (χ3n) is 9.78. The maximum Gasteiger partial charge on any atom is 0.265 e. The number of fused-ring (bicyclic) bond motifs is 1. The molecule has 4 aromatic rings. The lowest BCUT2D eigenvalue weighted by Gasteiger charge is -2.33. The van der Waals surface area contributed by atoms with Crippen molar-refractivity contribution in [3.63, 3.8) is 0 Å². The molecule has 1 unspecified atom stereocenters. The number of nitrogens with zero attached hydrogens (tertiary/aromatic N) is 5. The third-order valence-corrected chi connectivity index (χ3v) is 11.6. The molecule has 3 aliphatic heterocycles. The fraction of sp³-hybridized carbons (Fsp3) is 0.306. The molecule has 4 N–H and O–H groups in total. The van der Waals surface area contributed by atoms with Crippen molar-refractivity contribution in [3.8, 4) is 5.69 Å². The Morgan fingerprint density at radius 2 is 1.82 bits per heavy atom. The smallest absolute Gasteiger partial charge is 0.265 e. The van der Waals surface area contributed by atoms with E-state index in [0.717, 1.165) is 64.5 Å². The highest BCUT2D eigenvalue weighted by atomic mass is 32.2. The number of nitrogen functional groups attached to an aromatic ring is 1. The molecule has 0 spiro atoms. The van der Waals surface area contributed by atoms with Crippen molar-refractivity contribution in [2.75, 3.05) is 38.6 Å². The number of imidazole rings is 1. The zero-order valence-corrected chi connectivity index (χ0v) is 28.3. The molecule has 2 aromatic heterocycles. The molecule has 252 valence electrons. The van der Waals surface area contributed by atoms with Crippen molar-refractivity contribution in [1.29, 1.82) is 0 Å². The van der Waals surface area contributed by atoms with Gasteiger partial charge in [-0.25, -0.2) is 18.1 Å². The number of nitrogens with one attached hydrogen (secondary N) is 2. The highest BCUT2D eigenvalue weighted by molar-refractivity contribution is 7.89. The lowest BCUT2D eigenvalue weighted by Crippen LogP contribution is -2.41. The van der Waals surface area contributed by atoms with Crippen molar-refractivity contribution in [1.82, 2.24) is 34.3 Å². The van der Waals surface area contributed by atoms with Gasteiger partial charge in [0.05, 0.1) is 52.3 Å². The van der Waals surface area contributed by atoms with Crippen molar-refractivity contribution in [2.24, 2.45) is 0 Å². The normalized spacial score (nSPS) is 19.8. The van der Waals surface area contributed by atoms with Crippen LogP contribution in [0.2, 0.25) is 0 Å². The Labute approximate surface area is 284 Å². The fourth-order valence-electron chi connectivity index (χ4n) is 7.15. The van der Waals surface area contributed by atoms with Crippen LogP contribution in [-0.2, 0) is 14.8 Å². The fourth-order valence-corrected chi connectivity index (χ4v) is 8.80. The molecule has 13 heteroatoms. The number of Topliss-reactive ketones (excluding diaryl/α,β-unsaturated/α-hetero) is 1. The van der Waals surface area contributed by atoms with E-state index in [2.05, 4.69) is 37.4 Å². The van der Waals surface area contributed by atoms with Crippen molar-refractivity contribution in [2.45, 2.75) is 44.0 Å². The van der Waals surface area contributed by atoms with Crippen LogP contribution in [0.1, 0.15) is 41.0 Å².